The number of halogens is 1. The Labute approximate surface area is 179 Å². The van der Waals surface area contributed by atoms with E-state index < -0.39 is 18.0 Å². The fourth-order valence-corrected chi connectivity index (χ4v) is 2.52. The van der Waals surface area contributed by atoms with Crippen LogP contribution in [0.5, 0.6) is 11.5 Å². The first-order valence-electron chi connectivity index (χ1n) is 9.14. The lowest BCUT2D eigenvalue weighted by atomic mass is 10.2. The van der Waals surface area contributed by atoms with Gasteiger partial charge in [0.1, 0.15) is 11.5 Å². The Hall–Kier alpha value is -3.64. The van der Waals surface area contributed by atoms with E-state index >= 15 is 0 Å². The molecule has 0 unspecified atom stereocenters. The van der Waals surface area contributed by atoms with Gasteiger partial charge in [-0.05, 0) is 73.2 Å². The number of benzene rings is 3. The summed E-state index contributed by atoms with van der Waals surface area (Å²) < 4.78 is 10.8. The summed E-state index contributed by atoms with van der Waals surface area (Å²) in [5.41, 5.74) is 3.62. The lowest BCUT2D eigenvalue weighted by Crippen LogP contribution is -2.33. The maximum absolute atomic E-state index is 12.1. The van der Waals surface area contributed by atoms with Gasteiger partial charge in [-0.3, -0.25) is 4.79 Å². The SMILES string of the molecule is C[C@@H](Oc1ccc(Cl)cc1)C(=O)N/N=C\c1ccc(OC(=O)c2ccccc2)cc1. The Morgan fingerprint density at radius 2 is 1.57 bits per heavy atom. The van der Waals surface area contributed by atoms with Crippen LogP contribution in [0.2, 0.25) is 5.02 Å². The predicted molar refractivity (Wildman–Crippen MR) is 115 cm³/mol. The minimum atomic E-state index is -0.733. The van der Waals surface area contributed by atoms with E-state index in [-0.39, 0.29) is 0 Å². The van der Waals surface area contributed by atoms with Crippen LogP contribution in [0.1, 0.15) is 22.8 Å². The molecule has 0 radical (unpaired) electrons. The van der Waals surface area contributed by atoms with E-state index in [0.29, 0.717) is 22.1 Å². The molecule has 1 amide bonds. The molecular formula is C23H19ClN2O4. The Bertz CT molecular complexity index is 1020. The number of ether oxygens (including phenoxy) is 2. The third-order valence-electron chi connectivity index (χ3n) is 3.98. The second-order valence-corrected chi connectivity index (χ2v) is 6.71. The van der Waals surface area contributed by atoms with Crippen molar-refractivity contribution in [1.29, 1.82) is 0 Å². The lowest BCUT2D eigenvalue weighted by molar-refractivity contribution is -0.127. The highest BCUT2D eigenvalue weighted by atomic mass is 35.5. The van der Waals surface area contributed by atoms with E-state index in [4.69, 9.17) is 21.1 Å². The van der Waals surface area contributed by atoms with Crippen LogP contribution < -0.4 is 14.9 Å². The van der Waals surface area contributed by atoms with Gasteiger partial charge in [0.05, 0.1) is 11.8 Å². The number of hydrogen-bond acceptors (Lipinski definition) is 5. The second-order valence-electron chi connectivity index (χ2n) is 6.27. The van der Waals surface area contributed by atoms with Crippen molar-refractivity contribution >= 4 is 29.7 Å². The van der Waals surface area contributed by atoms with Crippen molar-refractivity contribution < 1.29 is 19.1 Å². The van der Waals surface area contributed by atoms with Crippen LogP contribution in [0.25, 0.3) is 0 Å². The molecule has 0 fully saturated rings. The van der Waals surface area contributed by atoms with E-state index in [1.54, 1.807) is 79.7 Å². The van der Waals surface area contributed by atoms with Crippen LogP contribution in [0.3, 0.4) is 0 Å². The molecule has 0 saturated carbocycles. The molecule has 3 rings (SSSR count). The number of carbonyl (C=O) groups is 2. The Morgan fingerprint density at radius 3 is 2.23 bits per heavy atom. The third kappa shape index (κ3) is 6.18. The summed E-state index contributed by atoms with van der Waals surface area (Å²) >= 11 is 5.82. The summed E-state index contributed by atoms with van der Waals surface area (Å²) in [5.74, 6) is 0.121. The van der Waals surface area contributed by atoms with E-state index in [1.165, 1.54) is 6.21 Å². The molecule has 30 heavy (non-hydrogen) atoms. The molecular weight excluding hydrogens is 404 g/mol. The van der Waals surface area contributed by atoms with E-state index in [1.807, 2.05) is 6.07 Å². The normalized spacial score (nSPS) is 11.7. The van der Waals surface area contributed by atoms with Crippen LogP contribution in [0.4, 0.5) is 0 Å². The number of nitrogens with one attached hydrogen (secondary N) is 1. The summed E-state index contributed by atoms with van der Waals surface area (Å²) in [6.07, 6.45) is 0.749. The number of nitrogens with zero attached hydrogens (tertiary/aromatic N) is 1. The Kier molecular flexibility index (Phi) is 7.19. The lowest BCUT2D eigenvalue weighted by Gasteiger charge is -2.12. The minimum absolute atomic E-state index is 0.394. The molecule has 3 aromatic rings. The van der Waals surface area contributed by atoms with Crippen molar-refractivity contribution in [3.8, 4) is 11.5 Å². The summed E-state index contributed by atoms with van der Waals surface area (Å²) in [6.45, 7) is 1.62. The molecule has 6 nitrogen and oxygen atoms in total. The van der Waals surface area contributed by atoms with Crippen LogP contribution in [0, 0.1) is 0 Å². The van der Waals surface area contributed by atoms with Crippen molar-refractivity contribution in [2.24, 2.45) is 5.10 Å². The van der Waals surface area contributed by atoms with Crippen molar-refractivity contribution in [2.45, 2.75) is 13.0 Å². The van der Waals surface area contributed by atoms with Crippen molar-refractivity contribution in [3.05, 3.63) is 95.0 Å². The van der Waals surface area contributed by atoms with Crippen LogP contribution in [-0.2, 0) is 4.79 Å². The number of carbonyl (C=O) groups excluding carboxylic acids is 2. The van der Waals surface area contributed by atoms with Gasteiger partial charge in [-0.2, -0.15) is 5.10 Å². The summed E-state index contributed by atoms with van der Waals surface area (Å²) in [7, 11) is 0. The van der Waals surface area contributed by atoms with E-state index in [2.05, 4.69) is 10.5 Å². The highest BCUT2D eigenvalue weighted by Crippen LogP contribution is 2.17. The molecule has 0 saturated heterocycles. The minimum Gasteiger partial charge on any atom is -0.481 e. The maximum atomic E-state index is 12.1. The molecule has 0 aliphatic carbocycles. The van der Waals surface area contributed by atoms with Gasteiger partial charge in [-0.15, -0.1) is 0 Å². The quantitative estimate of drug-likeness (QED) is 0.263. The molecule has 1 N–H and O–H groups in total. The van der Waals surface area contributed by atoms with Crippen molar-refractivity contribution in [3.63, 3.8) is 0 Å². The third-order valence-corrected chi connectivity index (χ3v) is 4.24. The van der Waals surface area contributed by atoms with Gasteiger partial charge in [0, 0.05) is 5.02 Å². The molecule has 0 aliphatic rings. The first-order chi connectivity index (χ1) is 14.5. The molecule has 3 aromatic carbocycles. The van der Waals surface area contributed by atoms with Crippen LogP contribution >= 0.6 is 11.6 Å². The Morgan fingerprint density at radius 1 is 0.933 bits per heavy atom. The summed E-state index contributed by atoms with van der Waals surface area (Å²) in [6, 6.07) is 22.2. The van der Waals surface area contributed by atoms with Gasteiger partial charge < -0.3 is 9.47 Å². The summed E-state index contributed by atoms with van der Waals surface area (Å²) in [4.78, 5) is 24.1. The number of esters is 1. The van der Waals surface area contributed by atoms with Gasteiger partial charge in [-0.1, -0.05) is 29.8 Å². The largest absolute Gasteiger partial charge is 0.481 e. The molecule has 0 aliphatic heterocycles. The van der Waals surface area contributed by atoms with Crippen molar-refractivity contribution in [2.75, 3.05) is 0 Å². The zero-order chi connectivity index (χ0) is 21.3. The number of rotatable bonds is 7. The monoisotopic (exact) mass is 422 g/mol. The molecule has 152 valence electrons. The van der Waals surface area contributed by atoms with Gasteiger partial charge in [-0.25, -0.2) is 10.2 Å². The van der Waals surface area contributed by atoms with E-state index in [9.17, 15) is 9.59 Å². The molecule has 0 aromatic heterocycles. The maximum Gasteiger partial charge on any atom is 0.343 e. The zero-order valence-corrected chi connectivity index (χ0v) is 16.9. The first-order valence-corrected chi connectivity index (χ1v) is 9.51. The molecule has 0 bridgehead atoms. The average Bonchev–Trinajstić information content (AvgIpc) is 2.77. The highest BCUT2D eigenvalue weighted by Gasteiger charge is 2.13. The van der Waals surface area contributed by atoms with Crippen LogP contribution in [0.15, 0.2) is 84.0 Å². The van der Waals surface area contributed by atoms with Gasteiger partial charge in [0.25, 0.3) is 5.91 Å². The molecule has 7 heteroatoms. The fraction of sp³-hybridized carbons (Fsp3) is 0.0870. The zero-order valence-electron chi connectivity index (χ0n) is 16.1. The fourth-order valence-electron chi connectivity index (χ4n) is 2.39. The van der Waals surface area contributed by atoms with Gasteiger partial charge >= 0.3 is 5.97 Å². The number of amides is 1. The second kappa shape index (κ2) is 10.2. The van der Waals surface area contributed by atoms with Crippen LogP contribution in [-0.4, -0.2) is 24.2 Å². The standard InChI is InChI=1S/C23H19ClN2O4/c1-16(29-20-13-9-19(24)10-14-20)22(27)26-25-15-17-7-11-21(12-8-17)30-23(28)18-5-3-2-4-6-18/h2-16H,1H3,(H,26,27)/b25-15-/t16-/m1/s1. The predicted octanol–water partition coefficient (Wildman–Crippen LogP) is 4.48. The first kappa shape index (κ1) is 21.1. The molecule has 1 atom stereocenters. The topological polar surface area (TPSA) is 77.0 Å². The van der Waals surface area contributed by atoms with Gasteiger partial charge in [0.15, 0.2) is 6.10 Å². The van der Waals surface area contributed by atoms with E-state index in [0.717, 1.165) is 5.56 Å². The molecule has 0 spiro atoms. The number of hydrogen-bond donors (Lipinski definition) is 1. The Balaban J connectivity index is 1.49. The molecule has 0 heterocycles. The number of hydrazone groups is 1. The smallest absolute Gasteiger partial charge is 0.343 e. The summed E-state index contributed by atoms with van der Waals surface area (Å²) in [5, 5.41) is 4.51. The highest BCUT2D eigenvalue weighted by molar-refractivity contribution is 6.30. The van der Waals surface area contributed by atoms with Gasteiger partial charge in [0.2, 0.25) is 0 Å². The van der Waals surface area contributed by atoms with Crippen molar-refractivity contribution in [1.82, 2.24) is 5.43 Å². The average molecular weight is 423 g/mol.